The first-order valence-corrected chi connectivity index (χ1v) is 5.77. The van der Waals surface area contributed by atoms with Crippen LogP contribution < -0.4 is 11.1 Å². The van der Waals surface area contributed by atoms with Crippen molar-refractivity contribution in [2.75, 3.05) is 5.32 Å². The van der Waals surface area contributed by atoms with Crippen molar-refractivity contribution < 1.29 is 4.39 Å². The van der Waals surface area contributed by atoms with E-state index in [2.05, 4.69) is 10.3 Å². The monoisotopic (exact) mass is 261 g/mol. The van der Waals surface area contributed by atoms with Gasteiger partial charge in [0.25, 0.3) is 0 Å². The maximum absolute atomic E-state index is 13.2. The molecular formula is C13H12FN3S. The SMILES string of the molecule is Cc1cc(Nc2cccnc2C(N)=S)ccc1F. The highest BCUT2D eigenvalue weighted by Crippen LogP contribution is 2.21. The standard InChI is InChI=1S/C13H12FN3S/c1-8-7-9(4-5-10(8)14)17-11-3-2-6-16-12(11)13(15)18/h2-7,17H,1H3,(H2,15,18). The Balaban J connectivity index is 2.34. The van der Waals surface area contributed by atoms with E-state index in [0.717, 1.165) is 5.69 Å². The molecule has 0 aliphatic rings. The van der Waals surface area contributed by atoms with Gasteiger partial charge in [-0.05, 0) is 42.8 Å². The number of nitrogens with two attached hydrogens (primary N) is 1. The zero-order valence-corrected chi connectivity index (χ0v) is 10.6. The summed E-state index contributed by atoms with van der Waals surface area (Å²) in [7, 11) is 0. The van der Waals surface area contributed by atoms with E-state index in [1.165, 1.54) is 6.07 Å². The number of hydrogen-bond acceptors (Lipinski definition) is 3. The molecule has 0 bridgehead atoms. The number of aromatic nitrogens is 1. The maximum Gasteiger partial charge on any atom is 0.126 e. The van der Waals surface area contributed by atoms with Crippen molar-refractivity contribution in [2.45, 2.75) is 6.92 Å². The first-order chi connectivity index (χ1) is 8.58. The van der Waals surface area contributed by atoms with Crippen LogP contribution in [0.15, 0.2) is 36.5 Å². The normalized spacial score (nSPS) is 10.1. The lowest BCUT2D eigenvalue weighted by molar-refractivity contribution is 0.619. The van der Waals surface area contributed by atoms with Crippen molar-refractivity contribution in [2.24, 2.45) is 5.73 Å². The molecule has 0 spiro atoms. The van der Waals surface area contributed by atoms with E-state index in [1.807, 2.05) is 6.07 Å². The predicted molar refractivity (Wildman–Crippen MR) is 74.5 cm³/mol. The molecule has 92 valence electrons. The van der Waals surface area contributed by atoms with E-state index in [0.29, 0.717) is 16.9 Å². The van der Waals surface area contributed by atoms with Gasteiger partial charge in [-0.25, -0.2) is 4.39 Å². The molecule has 3 nitrogen and oxygen atoms in total. The second-order valence-corrected chi connectivity index (χ2v) is 4.29. The third kappa shape index (κ3) is 2.62. The van der Waals surface area contributed by atoms with E-state index in [4.69, 9.17) is 18.0 Å². The fourth-order valence-electron chi connectivity index (χ4n) is 1.58. The number of halogens is 1. The van der Waals surface area contributed by atoms with E-state index in [1.54, 1.807) is 31.3 Å². The van der Waals surface area contributed by atoms with Crippen molar-refractivity contribution in [3.8, 4) is 0 Å². The van der Waals surface area contributed by atoms with Crippen LogP contribution in [0.5, 0.6) is 0 Å². The quantitative estimate of drug-likeness (QED) is 0.834. The number of nitrogens with zero attached hydrogens (tertiary/aromatic N) is 1. The summed E-state index contributed by atoms with van der Waals surface area (Å²) < 4.78 is 13.2. The minimum atomic E-state index is -0.235. The highest BCUT2D eigenvalue weighted by atomic mass is 32.1. The molecule has 5 heteroatoms. The first-order valence-electron chi connectivity index (χ1n) is 5.36. The number of nitrogens with one attached hydrogen (secondary N) is 1. The molecular weight excluding hydrogens is 249 g/mol. The van der Waals surface area contributed by atoms with E-state index in [9.17, 15) is 4.39 Å². The fraction of sp³-hybridized carbons (Fsp3) is 0.0769. The summed E-state index contributed by atoms with van der Waals surface area (Å²) in [6, 6.07) is 8.37. The zero-order chi connectivity index (χ0) is 13.1. The van der Waals surface area contributed by atoms with Crippen LogP contribution in [0.1, 0.15) is 11.3 Å². The van der Waals surface area contributed by atoms with Crippen molar-refractivity contribution in [1.29, 1.82) is 0 Å². The largest absolute Gasteiger partial charge is 0.388 e. The predicted octanol–water partition coefficient (Wildman–Crippen LogP) is 2.91. The number of thiocarbonyl (C=S) groups is 1. The van der Waals surface area contributed by atoms with Gasteiger partial charge < -0.3 is 11.1 Å². The number of benzene rings is 1. The summed E-state index contributed by atoms with van der Waals surface area (Å²) in [5, 5.41) is 3.13. The second kappa shape index (κ2) is 5.10. The van der Waals surface area contributed by atoms with Gasteiger partial charge in [-0.2, -0.15) is 0 Å². The molecule has 0 atom stereocenters. The molecule has 0 radical (unpaired) electrons. The smallest absolute Gasteiger partial charge is 0.126 e. The molecule has 0 unspecified atom stereocenters. The highest BCUT2D eigenvalue weighted by molar-refractivity contribution is 7.80. The number of rotatable bonds is 3. The van der Waals surface area contributed by atoms with Crippen molar-refractivity contribution in [1.82, 2.24) is 4.98 Å². The molecule has 3 N–H and O–H groups in total. The molecule has 0 aliphatic carbocycles. The van der Waals surface area contributed by atoms with Crippen LogP contribution in [0.4, 0.5) is 15.8 Å². The average molecular weight is 261 g/mol. The lowest BCUT2D eigenvalue weighted by Crippen LogP contribution is -2.13. The van der Waals surface area contributed by atoms with Crippen molar-refractivity contribution in [3.05, 3.63) is 53.6 Å². The molecule has 18 heavy (non-hydrogen) atoms. The van der Waals surface area contributed by atoms with Gasteiger partial charge in [0, 0.05) is 11.9 Å². The Morgan fingerprint density at radius 1 is 1.39 bits per heavy atom. The Morgan fingerprint density at radius 3 is 2.83 bits per heavy atom. The minimum absolute atomic E-state index is 0.219. The Bertz CT molecular complexity index is 599. The molecule has 1 heterocycles. The summed E-state index contributed by atoms with van der Waals surface area (Å²) in [5.74, 6) is -0.235. The molecule has 0 aliphatic heterocycles. The zero-order valence-electron chi connectivity index (χ0n) is 9.77. The lowest BCUT2D eigenvalue weighted by atomic mass is 10.2. The van der Waals surface area contributed by atoms with Crippen LogP contribution in [0.25, 0.3) is 0 Å². The van der Waals surface area contributed by atoms with Crippen LogP contribution in [-0.4, -0.2) is 9.97 Å². The third-order valence-corrected chi connectivity index (χ3v) is 2.67. The lowest BCUT2D eigenvalue weighted by Gasteiger charge is -2.10. The van der Waals surface area contributed by atoms with Gasteiger partial charge in [0.15, 0.2) is 0 Å². The Labute approximate surface area is 110 Å². The molecule has 1 aromatic carbocycles. The van der Waals surface area contributed by atoms with Gasteiger partial charge in [-0.1, -0.05) is 12.2 Å². The Kier molecular flexibility index (Phi) is 3.53. The van der Waals surface area contributed by atoms with Crippen LogP contribution in [0.2, 0.25) is 0 Å². The summed E-state index contributed by atoms with van der Waals surface area (Å²) >= 11 is 4.93. The maximum atomic E-state index is 13.2. The molecule has 2 rings (SSSR count). The third-order valence-electron chi connectivity index (χ3n) is 2.48. The fourth-order valence-corrected chi connectivity index (χ4v) is 1.74. The van der Waals surface area contributed by atoms with Crippen LogP contribution in [-0.2, 0) is 0 Å². The summed E-state index contributed by atoms with van der Waals surface area (Å²) in [4.78, 5) is 4.33. The molecule has 1 aromatic heterocycles. The van der Waals surface area contributed by atoms with Gasteiger partial charge >= 0.3 is 0 Å². The van der Waals surface area contributed by atoms with Gasteiger partial charge in [0.2, 0.25) is 0 Å². The molecule has 0 saturated carbocycles. The number of hydrogen-bond donors (Lipinski definition) is 2. The molecule has 2 aromatic rings. The minimum Gasteiger partial charge on any atom is -0.388 e. The second-order valence-electron chi connectivity index (χ2n) is 3.85. The van der Waals surface area contributed by atoms with E-state index >= 15 is 0 Å². The van der Waals surface area contributed by atoms with Crippen LogP contribution in [0, 0.1) is 12.7 Å². The summed E-state index contributed by atoms with van der Waals surface area (Å²) in [5.41, 5.74) is 8.15. The van der Waals surface area contributed by atoms with Gasteiger partial charge in [0.1, 0.15) is 16.5 Å². The topological polar surface area (TPSA) is 50.9 Å². The molecule has 0 fully saturated rings. The number of aryl methyl sites for hydroxylation is 1. The number of pyridine rings is 1. The van der Waals surface area contributed by atoms with Crippen LogP contribution >= 0.6 is 12.2 Å². The van der Waals surface area contributed by atoms with Crippen molar-refractivity contribution in [3.63, 3.8) is 0 Å². The van der Waals surface area contributed by atoms with Gasteiger partial charge in [-0.15, -0.1) is 0 Å². The summed E-state index contributed by atoms with van der Waals surface area (Å²) in [6.45, 7) is 1.71. The van der Waals surface area contributed by atoms with Gasteiger partial charge in [0.05, 0.1) is 5.69 Å². The Hall–Kier alpha value is -2.01. The van der Waals surface area contributed by atoms with Gasteiger partial charge in [-0.3, -0.25) is 4.98 Å². The Morgan fingerprint density at radius 2 is 2.17 bits per heavy atom. The van der Waals surface area contributed by atoms with Crippen LogP contribution in [0.3, 0.4) is 0 Å². The molecule has 0 amide bonds. The highest BCUT2D eigenvalue weighted by Gasteiger charge is 2.06. The number of anilines is 2. The summed E-state index contributed by atoms with van der Waals surface area (Å²) in [6.07, 6.45) is 1.62. The van der Waals surface area contributed by atoms with E-state index in [-0.39, 0.29) is 10.8 Å². The van der Waals surface area contributed by atoms with E-state index < -0.39 is 0 Å². The van der Waals surface area contributed by atoms with Crippen molar-refractivity contribution >= 4 is 28.6 Å². The average Bonchev–Trinajstić information content (AvgIpc) is 2.34. The molecule has 0 saturated heterocycles. The first kappa shape index (κ1) is 12.4.